The predicted octanol–water partition coefficient (Wildman–Crippen LogP) is 2.70. The Hall–Kier alpha value is -1.46. The summed E-state index contributed by atoms with van der Waals surface area (Å²) in [6, 6.07) is 4.88. The first-order chi connectivity index (χ1) is 10.9. The lowest BCUT2D eigenvalue weighted by Crippen LogP contribution is -2.44. The van der Waals surface area contributed by atoms with E-state index in [4.69, 9.17) is 27.9 Å². The van der Waals surface area contributed by atoms with Crippen molar-refractivity contribution >= 4 is 35.0 Å². The Morgan fingerprint density at radius 2 is 1.87 bits per heavy atom. The van der Waals surface area contributed by atoms with E-state index in [1.807, 2.05) is 0 Å². The number of hydrogen-bond acceptors (Lipinski definition) is 3. The second-order valence-corrected chi connectivity index (χ2v) is 6.57. The van der Waals surface area contributed by atoms with Crippen LogP contribution in [0.25, 0.3) is 0 Å². The molecule has 0 radical (unpaired) electrons. The average molecular weight is 359 g/mol. The van der Waals surface area contributed by atoms with Gasteiger partial charge in [-0.3, -0.25) is 9.59 Å². The second-order valence-electron chi connectivity index (χ2n) is 5.75. The molecular weight excluding hydrogens is 339 g/mol. The molecule has 2 rings (SSSR count). The molecule has 1 aliphatic heterocycles. The van der Waals surface area contributed by atoms with Crippen LogP contribution in [0.4, 0.5) is 0 Å². The summed E-state index contributed by atoms with van der Waals surface area (Å²) in [5.74, 6) is 0.548. The first-order valence-electron chi connectivity index (χ1n) is 7.45. The van der Waals surface area contributed by atoms with Crippen molar-refractivity contribution in [3.63, 3.8) is 0 Å². The highest BCUT2D eigenvalue weighted by Gasteiger charge is 2.28. The SMILES string of the molecule is CN(C)C(=O)C1CCN(C(=O)COc2ccc(Cl)c(Cl)c2)CC1. The third-order valence-corrected chi connectivity index (χ3v) is 4.63. The second kappa shape index (κ2) is 7.88. The molecular formula is C16H20Cl2N2O3. The molecule has 0 spiro atoms. The van der Waals surface area contributed by atoms with Crippen molar-refractivity contribution in [3.05, 3.63) is 28.2 Å². The minimum absolute atomic E-state index is 0.00467. The summed E-state index contributed by atoms with van der Waals surface area (Å²) in [7, 11) is 3.51. The number of hydrogen-bond donors (Lipinski definition) is 0. The number of piperidine rings is 1. The zero-order chi connectivity index (χ0) is 17.0. The number of nitrogens with zero attached hydrogens (tertiary/aromatic N) is 2. The Morgan fingerprint density at radius 3 is 2.43 bits per heavy atom. The van der Waals surface area contributed by atoms with Crippen LogP contribution in [0.15, 0.2) is 18.2 Å². The zero-order valence-electron chi connectivity index (χ0n) is 13.2. The summed E-state index contributed by atoms with van der Waals surface area (Å²) < 4.78 is 5.46. The Labute approximate surface area is 146 Å². The topological polar surface area (TPSA) is 49.9 Å². The standard InChI is InChI=1S/C16H20Cl2N2O3/c1-19(2)16(22)11-5-7-20(8-6-11)15(21)10-23-12-3-4-13(17)14(18)9-12/h3-4,9,11H,5-8,10H2,1-2H3. The maximum atomic E-state index is 12.2. The Bertz CT molecular complexity index is 585. The van der Waals surface area contributed by atoms with E-state index in [0.717, 1.165) is 0 Å². The van der Waals surface area contributed by atoms with E-state index in [-0.39, 0.29) is 24.3 Å². The van der Waals surface area contributed by atoms with Crippen LogP contribution in [-0.4, -0.2) is 55.4 Å². The summed E-state index contributed by atoms with van der Waals surface area (Å²) in [4.78, 5) is 27.4. The van der Waals surface area contributed by atoms with Crippen molar-refractivity contribution in [1.29, 1.82) is 0 Å². The molecule has 2 amide bonds. The van der Waals surface area contributed by atoms with Crippen LogP contribution in [0.3, 0.4) is 0 Å². The Morgan fingerprint density at radius 1 is 1.22 bits per heavy atom. The monoisotopic (exact) mass is 358 g/mol. The van der Waals surface area contributed by atoms with Gasteiger partial charge in [0.25, 0.3) is 5.91 Å². The van der Waals surface area contributed by atoms with E-state index in [2.05, 4.69) is 0 Å². The van der Waals surface area contributed by atoms with Gasteiger partial charge in [0.1, 0.15) is 5.75 Å². The molecule has 5 nitrogen and oxygen atoms in total. The van der Waals surface area contributed by atoms with Gasteiger partial charge in [0, 0.05) is 39.2 Å². The molecule has 7 heteroatoms. The van der Waals surface area contributed by atoms with Crippen molar-refractivity contribution in [2.75, 3.05) is 33.8 Å². The number of halogens is 2. The highest BCUT2D eigenvalue weighted by Crippen LogP contribution is 2.26. The molecule has 1 aliphatic rings. The summed E-state index contributed by atoms with van der Waals surface area (Å²) in [5, 5.41) is 0.831. The van der Waals surface area contributed by atoms with Crippen molar-refractivity contribution in [1.82, 2.24) is 9.80 Å². The van der Waals surface area contributed by atoms with E-state index >= 15 is 0 Å². The highest BCUT2D eigenvalue weighted by atomic mass is 35.5. The maximum absolute atomic E-state index is 12.2. The average Bonchev–Trinajstić information content (AvgIpc) is 2.55. The molecule has 0 aromatic heterocycles. The lowest BCUT2D eigenvalue weighted by molar-refractivity contribution is -0.140. The van der Waals surface area contributed by atoms with E-state index in [1.165, 1.54) is 0 Å². The molecule has 0 saturated carbocycles. The van der Waals surface area contributed by atoms with Gasteiger partial charge in [-0.25, -0.2) is 0 Å². The molecule has 1 saturated heterocycles. The number of carbonyl (C=O) groups is 2. The third kappa shape index (κ3) is 4.75. The lowest BCUT2D eigenvalue weighted by Gasteiger charge is -2.32. The molecule has 0 atom stereocenters. The van der Waals surface area contributed by atoms with Crippen LogP contribution in [0.1, 0.15) is 12.8 Å². The summed E-state index contributed by atoms with van der Waals surface area (Å²) in [6.07, 6.45) is 1.38. The van der Waals surface area contributed by atoms with Crippen LogP contribution in [0.5, 0.6) is 5.75 Å². The maximum Gasteiger partial charge on any atom is 0.260 e. The largest absolute Gasteiger partial charge is 0.484 e. The van der Waals surface area contributed by atoms with E-state index in [9.17, 15) is 9.59 Å². The van der Waals surface area contributed by atoms with Crippen LogP contribution < -0.4 is 4.74 Å². The number of ether oxygens (including phenoxy) is 1. The summed E-state index contributed by atoms with van der Waals surface area (Å²) >= 11 is 11.7. The molecule has 0 aliphatic carbocycles. The molecule has 1 fully saturated rings. The molecule has 1 aromatic rings. The number of carbonyl (C=O) groups excluding carboxylic acids is 2. The minimum atomic E-state index is -0.0909. The number of likely N-dealkylation sites (tertiary alicyclic amines) is 1. The molecule has 0 unspecified atom stereocenters. The predicted molar refractivity (Wildman–Crippen MR) is 90.0 cm³/mol. The first-order valence-corrected chi connectivity index (χ1v) is 8.21. The van der Waals surface area contributed by atoms with Crippen molar-refractivity contribution in [2.45, 2.75) is 12.8 Å². The number of rotatable bonds is 4. The van der Waals surface area contributed by atoms with Gasteiger partial charge in [-0.15, -0.1) is 0 Å². The van der Waals surface area contributed by atoms with Crippen molar-refractivity contribution < 1.29 is 14.3 Å². The van der Waals surface area contributed by atoms with Crippen LogP contribution >= 0.6 is 23.2 Å². The third-order valence-electron chi connectivity index (χ3n) is 3.89. The van der Waals surface area contributed by atoms with Gasteiger partial charge in [0.05, 0.1) is 10.0 Å². The molecule has 126 valence electrons. The minimum Gasteiger partial charge on any atom is -0.484 e. The highest BCUT2D eigenvalue weighted by molar-refractivity contribution is 6.42. The van der Waals surface area contributed by atoms with E-state index < -0.39 is 0 Å². The fourth-order valence-electron chi connectivity index (χ4n) is 2.54. The van der Waals surface area contributed by atoms with Gasteiger partial charge in [-0.1, -0.05) is 23.2 Å². The molecule has 23 heavy (non-hydrogen) atoms. The molecule has 1 aromatic carbocycles. The van der Waals surface area contributed by atoms with E-state index in [0.29, 0.717) is 41.7 Å². The van der Waals surface area contributed by atoms with Crippen molar-refractivity contribution in [3.8, 4) is 5.75 Å². The fraction of sp³-hybridized carbons (Fsp3) is 0.500. The van der Waals surface area contributed by atoms with Gasteiger partial charge >= 0.3 is 0 Å². The number of benzene rings is 1. The Kier molecular flexibility index (Phi) is 6.13. The van der Waals surface area contributed by atoms with E-state index in [1.54, 1.807) is 42.1 Å². The van der Waals surface area contributed by atoms with Crippen LogP contribution in [0, 0.1) is 5.92 Å². The summed E-state index contributed by atoms with van der Waals surface area (Å²) in [5.41, 5.74) is 0. The quantitative estimate of drug-likeness (QED) is 0.831. The molecule has 0 N–H and O–H groups in total. The number of amides is 2. The molecule has 1 heterocycles. The zero-order valence-corrected chi connectivity index (χ0v) is 14.7. The van der Waals surface area contributed by atoms with Gasteiger partial charge in [-0.05, 0) is 25.0 Å². The lowest BCUT2D eigenvalue weighted by atomic mass is 9.95. The van der Waals surface area contributed by atoms with Crippen LogP contribution in [-0.2, 0) is 9.59 Å². The fourth-order valence-corrected chi connectivity index (χ4v) is 2.83. The van der Waals surface area contributed by atoms with Crippen LogP contribution in [0.2, 0.25) is 10.0 Å². The summed E-state index contributed by atoms with van der Waals surface area (Å²) in [6.45, 7) is 1.10. The van der Waals surface area contributed by atoms with Gasteiger partial charge in [-0.2, -0.15) is 0 Å². The smallest absolute Gasteiger partial charge is 0.260 e. The normalized spacial score (nSPS) is 15.4. The van der Waals surface area contributed by atoms with Gasteiger partial charge < -0.3 is 14.5 Å². The molecule has 0 bridgehead atoms. The van der Waals surface area contributed by atoms with Gasteiger partial charge in [0.15, 0.2) is 6.61 Å². The van der Waals surface area contributed by atoms with Crippen molar-refractivity contribution in [2.24, 2.45) is 5.92 Å². The van der Waals surface area contributed by atoms with Gasteiger partial charge in [0.2, 0.25) is 5.91 Å². The first kappa shape index (κ1) is 17.9. The Balaban J connectivity index is 1.81.